The summed E-state index contributed by atoms with van der Waals surface area (Å²) in [6.45, 7) is 0.0918. The Morgan fingerprint density at radius 1 is 1.14 bits per heavy atom. The Morgan fingerprint density at radius 2 is 1.71 bits per heavy atom. The maximum Gasteiger partial charge on any atom is 0.246 e. The molecular formula is C13H15BrF3NO2S. The Hall–Kier alpha value is -0.600. The van der Waals surface area contributed by atoms with E-state index in [0.717, 1.165) is 25.7 Å². The molecule has 8 heteroatoms. The molecule has 0 spiro atoms. The molecule has 1 saturated carbocycles. The molecule has 0 heterocycles. The van der Waals surface area contributed by atoms with Gasteiger partial charge in [-0.05, 0) is 18.8 Å². The summed E-state index contributed by atoms with van der Waals surface area (Å²) in [5.74, 6) is -3.95. The van der Waals surface area contributed by atoms with Crippen LogP contribution < -0.4 is 4.72 Å². The van der Waals surface area contributed by atoms with Crippen molar-refractivity contribution in [1.29, 1.82) is 0 Å². The van der Waals surface area contributed by atoms with Crippen molar-refractivity contribution in [2.45, 2.75) is 35.4 Å². The van der Waals surface area contributed by atoms with E-state index in [1.807, 2.05) is 0 Å². The first kappa shape index (κ1) is 16.8. The second-order valence-electron chi connectivity index (χ2n) is 5.11. The zero-order valence-corrected chi connectivity index (χ0v) is 13.5. The summed E-state index contributed by atoms with van der Waals surface area (Å²) in [5, 5.41) is 0. The summed E-state index contributed by atoms with van der Waals surface area (Å²) in [6, 6.07) is 0.705. The third-order valence-corrected chi connectivity index (χ3v) is 6.26. The fourth-order valence-corrected chi connectivity index (χ4v) is 4.45. The number of sulfonamides is 1. The van der Waals surface area contributed by atoms with Crippen LogP contribution in [0.25, 0.3) is 0 Å². The van der Waals surface area contributed by atoms with Crippen LogP contribution in [-0.4, -0.2) is 19.8 Å². The van der Waals surface area contributed by atoms with Gasteiger partial charge in [-0.2, -0.15) is 0 Å². The number of nitrogens with one attached hydrogen (secondary N) is 1. The van der Waals surface area contributed by atoms with E-state index in [4.69, 9.17) is 0 Å². The van der Waals surface area contributed by atoms with Crippen molar-refractivity contribution < 1.29 is 21.6 Å². The first-order valence-electron chi connectivity index (χ1n) is 6.59. The van der Waals surface area contributed by atoms with Crippen LogP contribution in [0.2, 0.25) is 0 Å². The Bertz CT molecular complexity index is 601. The Balaban J connectivity index is 2.15. The maximum absolute atomic E-state index is 13.5. The molecule has 0 aliphatic heterocycles. The quantitative estimate of drug-likeness (QED) is 0.807. The van der Waals surface area contributed by atoms with Gasteiger partial charge in [-0.15, -0.1) is 0 Å². The van der Waals surface area contributed by atoms with Gasteiger partial charge < -0.3 is 0 Å². The predicted octanol–water partition coefficient (Wildman–Crippen LogP) is 3.34. The lowest BCUT2D eigenvalue weighted by Crippen LogP contribution is -2.35. The molecule has 1 aromatic rings. The lowest BCUT2D eigenvalue weighted by atomic mass is 9.89. The van der Waals surface area contributed by atoms with Gasteiger partial charge in [0.2, 0.25) is 10.0 Å². The van der Waals surface area contributed by atoms with E-state index in [9.17, 15) is 21.6 Å². The van der Waals surface area contributed by atoms with Crippen molar-refractivity contribution in [2.24, 2.45) is 5.92 Å². The van der Waals surface area contributed by atoms with E-state index in [1.54, 1.807) is 0 Å². The van der Waals surface area contributed by atoms with Crippen LogP contribution in [0.3, 0.4) is 0 Å². The molecule has 0 saturated heterocycles. The van der Waals surface area contributed by atoms with Gasteiger partial charge in [0, 0.05) is 23.5 Å². The van der Waals surface area contributed by atoms with Gasteiger partial charge >= 0.3 is 0 Å². The SMILES string of the molecule is O=S(=O)(NCC1CCCCC1Br)c1c(F)cc(F)cc1F. The van der Waals surface area contributed by atoms with Crippen LogP contribution in [0.1, 0.15) is 25.7 Å². The highest BCUT2D eigenvalue weighted by Gasteiger charge is 2.28. The molecule has 0 amide bonds. The number of hydrogen-bond donors (Lipinski definition) is 1. The Kier molecular flexibility index (Phi) is 5.32. The van der Waals surface area contributed by atoms with Crippen LogP contribution in [0.4, 0.5) is 13.2 Å². The minimum atomic E-state index is -4.35. The van der Waals surface area contributed by atoms with E-state index < -0.39 is 32.4 Å². The lowest BCUT2D eigenvalue weighted by molar-refractivity contribution is 0.372. The third kappa shape index (κ3) is 3.98. The highest BCUT2D eigenvalue weighted by atomic mass is 79.9. The van der Waals surface area contributed by atoms with Crippen molar-refractivity contribution in [3.63, 3.8) is 0 Å². The number of alkyl halides is 1. The van der Waals surface area contributed by atoms with Gasteiger partial charge in [0.25, 0.3) is 0 Å². The van der Waals surface area contributed by atoms with Gasteiger partial charge in [-0.1, -0.05) is 28.8 Å². The van der Waals surface area contributed by atoms with Crippen LogP contribution >= 0.6 is 15.9 Å². The highest BCUT2D eigenvalue weighted by molar-refractivity contribution is 9.09. The summed E-state index contributed by atoms with van der Waals surface area (Å²) in [4.78, 5) is -0.956. The van der Waals surface area contributed by atoms with Crippen LogP contribution in [-0.2, 0) is 10.0 Å². The average molecular weight is 386 g/mol. The predicted molar refractivity (Wildman–Crippen MR) is 76.2 cm³/mol. The number of rotatable bonds is 4. The summed E-state index contributed by atoms with van der Waals surface area (Å²) in [5.41, 5.74) is 0. The Morgan fingerprint density at radius 3 is 2.29 bits per heavy atom. The molecule has 1 aromatic carbocycles. The molecule has 118 valence electrons. The molecule has 1 N–H and O–H groups in total. The smallest absolute Gasteiger partial charge is 0.211 e. The zero-order valence-electron chi connectivity index (χ0n) is 11.1. The molecule has 0 bridgehead atoms. The number of halogens is 4. The fourth-order valence-electron chi connectivity index (χ4n) is 2.47. The van der Waals surface area contributed by atoms with Crippen LogP contribution in [0, 0.1) is 23.4 Å². The summed E-state index contributed by atoms with van der Waals surface area (Å²) in [6.07, 6.45) is 3.84. The number of benzene rings is 1. The molecule has 0 radical (unpaired) electrons. The molecule has 2 atom stereocenters. The standard InChI is InChI=1S/C13H15BrF3NO2S/c14-10-4-2-1-3-8(10)7-18-21(19,20)13-11(16)5-9(15)6-12(13)17/h5-6,8,10,18H,1-4,7H2. The summed E-state index contributed by atoms with van der Waals surface area (Å²) >= 11 is 3.48. The Labute approximate surface area is 130 Å². The van der Waals surface area contributed by atoms with Crippen molar-refractivity contribution in [1.82, 2.24) is 4.72 Å². The largest absolute Gasteiger partial charge is 0.246 e. The average Bonchev–Trinajstić information content (AvgIpc) is 2.36. The second kappa shape index (κ2) is 6.66. The highest BCUT2D eigenvalue weighted by Crippen LogP contribution is 2.30. The monoisotopic (exact) mass is 385 g/mol. The molecule has 3 nitrogen and oxygen atoms in total. The van der Waals surface area contributed by atoms with E-state index in [1.165, 1.54) is 0 Å². The summed E-state index contributed by atoms with van der Waals surface area (Å²) in [7, 11) is -4.35. The molecule has 1 fully saturated rings. The lowest BCUT2D eigenvalue weighted by Gasteiger charge is -2.27. The maximum atomic E-state index is 13.5. The van der Waals surface area contributed by atoms with Gasteiger partial charge in [-0.25, -0.2) is 26.3 Å². The first-order chi connectivity index (χ1) is 9.81. The molecule has 0 aromatic heterocycles. The van der Waals surface area contributed by atoms with Crippen molar-refractivity contribution in [2.75, 3.05) is 6.54 Å². The summed E-state index contributed by atoms with van der Waals surface area (Å²) < 4.78 is 66.1. The molecule has 1 aliphatic rings. The van der Waals surface area contributed by atoms with Crippen molar-refractivity contribution >= 4 is 26.0 Å². The molecule has 21 heavy (non-hydrogen) atoms. The van der Waals surface area contributed by atoms with E-state index >= 15 is 0 Å². The van der Waals surface area contributed by atoms with Crippen LogP contribution in [0.5, 0.6) is 0 Å². The second-order valence-corrected chi connectivity index (χ2v) is 7.99. The topological polar surface area (TPSA) is 46.2 Å². The normalized spacial score (nSPS) is 23.2. The van der Waals surface area contributed by atoms with Gasteiger partial charge in [0.1, 0.15) is 17.5 Å². The van der Waals surface area contributed by atoms with E-state index in [-0.39, 0.29) is 17.3 Å². The molecule has 1 aliphatic carbocycles. The third-order valence-electron chi connectivity index (χ3n) is 3.58. The first-order valence-corrected chi connectivity index (χ1v) is 8.99. The van der Waals surface area contributed by atoms with Crippen LogP contribution in [0.15, 0.2) is 17.0 Å². The minimum Gasteiger partial charge on any atom is -0.211 e. The molecular weight excluding hydrogens is 371 g/mol. The van der Waals surface area contributed by atoms with Crippen molar-refractivity contribution in [3.8, 4) is 0 Å². The van der Waals surface area contributed by atoms with E-state index in [0.29, 0.717) is 12.1 Å². The zero-order chi connectivity index (χ0) is 15.6. The van der Waals surface area contributed by atoms with Gasteiger partial charge in [0.15, 0.2) is 4.90 Å². The number of hydrogen-bond acceptors (Lipinski definition) is 2. The fraction of sp³-hybridized carbons (Fsp3) is 0.538. The molecule has 2 rings (SSSR count). The van der Waals surface area contributed by atoms with E-state index in [2.05, 4.69) is 20.7 Å². The van der Waals surface area contributed by atoms with Gasteiger partial charge in [-0.3, -0.25) is 0 Å². The van der Waals surface area contributed by atoms with Gasteiger partial charge in [0.05, 0.1) is 0 Å². The van der Waals surface area contributed by atoms with Crippen molar-refractivity contribution in [3.05, 3.63) is 29.6 Å². The minimum absolute atomic E-state index is 0.0695. The molecule has 2 unspecified atom stereocenters.